The lowest BCUT2D eigenvalue weighted by Crippen LogP contribution is -2.44. The third kappa shape index (κ3) is 4.12. The van der Waals surface area contributed by atoms with Crippen molar-refractivity contribution in [3.8, 4) is 34.0 Å². The molecule has 1 N–H and O–H groups in total. The summed E-state index contributed by atoms with van der Waals surface area (Å²) in [7, 11) is 1.59. The molecule has 7 heteroatoms. The van der Waals surface area contributed by atoms with E-state index in [0.717, 1.165) is 53.1 Å². The quantitative estimate of drug-likeness (QED) is 0.667. The van der Waals surface area contributed by atoms with Crippen LogP contribution >= 0.6 is 0 Å². The molecule has 32 heavy (non-hydrogen) atoms. The molecule has 2 aromatic heterocycles. The van der Waals surface area contributed by atoms with Gasteiger partial charge in [-0.15, -0.1) is 5.10 Å². The molecule has 0 bridgehead atoms. The zero-order valence-electron chi connectivity index (χ0n) is 19.1. The fraction of sp³-hybridized carbons (Fsp3) is 0.400. The molecule has 3 aromatic rings. The van der Waals surface area contributed by atoms with Crippen LogP contribution in [0.25, 0.3) is 22.3 Å². The molecule has 0 saturated carbocycles. The molecular weight excluding hydrogens is 402 g/mol. The molecule has 0 radical (unpaired) electrons. The van der Waals surface area contributed by atoms with Crippen molar-refractivity contribution in [3.63, 3.8) is 0 Å². The highest BCUT2D eigenvalue weighted by Gasteiger charge is 2.28. The number of ether oxygens (including phenoxy) is 2. The van der Waals surface area contributed by atoms with Crippen LogP contribution in [-0.2, 0) is 6.61 Å². The Labute approximate surface area is 188 Å². The van der Waals surface area contributed by atoms with E-state index < -0.39 is 0 Å². The molecule has 1 fully saturated rings. The summed E-state index contributed by atoms with van der Waals surface area (Å²) in [6.45, 7) is 9.10. The smallest absolute Gasteiger partial charge is 0.233 e. The summed E-state index contributed by atoms with van der Waals surface area (Å²) >= 11 is 0. The van der Waals surface area contributed by atoms with E-state index in [-0.39, 0.29) is 5.54 Å². The minimum absolute atomic E-state index is 0.118. The molecule has 0 unspecified atom stereocenters. The first kappa shape index (κ1) is 20.7. The summed E-state index contributed by atoms with van der Waals surface area (Å²) in [6.07, 6.45) is 2.87. The highest BCUT2D eigenvalue weighted by molar-refractivity contribution is 5.78. The number of methoxy groups -OCH3 is 1. The molecule has 1 aromatic carbocycles. The molecule has 0 spiro atoms. The number of hydrogen-bond acceptors (Lipinski definition) is 7. The molecular formula is C25H29N5O2. The van der Waals surface area contributed by atoms with Crippen molar-refractivity contribution in [2.45, 2.75) is 45.4 Å². The molecule has 4 heterocycles. The Morgan fingerprint density at radius 1 is 1.09 bits per heavy atom. The van der Waals surface area contributed by atoms with Crippen LogP contribution in [0.15, 0.2) is 42.6 Å². The van der Waals surface area contributed by atoms with Gasteiger partial charge in [0.05, 0.1) is 13.3 Å². The van der Waals surface area contributed by atoms with E-state index in [4.69, 9.17) is 14.5 Å². The van der Waals surface area contributed by atoms with E-state index in [1.807, 2.05) is 6.07 Å². The van der Waals surface area contributed by atoms with Gasteiger partial charge in [-0.2, -0.15) is 10.1 Å². The van der Waals surface area contributed by atoms with Gasteiger partial charge in [-0.3, -0.25) is 0 Å². The lowest BCUT2D eigenvalue weighted by atomic mass is 9.95. The van der Waals surface area contributed by atoms with Crippen LogP contribution in [-0.4, -0.2) is 47.0 Å². The number of aromatic nitrogens is 3. The normalized spacial score (nSPS) is 17.5. The Balaban J connectivity index is 1.38. The SMILES string of the molecule is COc1cc(-c2ccc3c(c2)COc2nc(N4CC[C@@H](NC(C)(C)C)C4)ccc2-3)cnn1. The maximum absolute atomic E-state index is 6.09. The van der Waals surface area contributed by atoms with Crippen molar-refractivity contribution >= 4 is 5.82 Å². The predicted molar refractivity (Wildman–Crippen MR) is 125 cm³/mol. The van der Waals surface area contributed by atoms with Gasteiger partial charge < -0.3 is 19.7 Å². The van der Waals surface area contributed by atoms with E-state index in [9.17, 15) is 0 Å². The highest BCUT2D eigenvalue weighted by atomic mass is 16.5. The Morgan fingerprint density at radius 3 is 2.75 bits per heavy atom. The topological polar surface area (TPSA) is 72.4 Å². The van der Waals surface area contributed by atoms with Crippen LogP contribution in [0.5, 0.6) is 11.8 Å². The average molecular weight is 432 g/mol. The van der Waals surface area contributed by atoms with Gasteiger partial charge in [0.2, 0.25) is 11.8 Å². The Bertz CT molecular complexity index is 1140. The number of nitrogens with one attached hydrogen (secondary N) is 1. The van der Waals surface area contributed by atoms with Gasteiger partial charge in [-0.05, 0) is 62.1 Å². The molecule has 166 valence electrons. The fourth-order valence-corrected chi connectivity index (χ4v) is 4.53. The first-order valence-electron chi connectivity index (χ1n) is 11.1. The van der Waals surface area contributed by atoms with Crippen molar-refractivity contribution in [1.82, 2.24) is 20.5 Å². The second kappa shape index (κ2) is 8.06. The minimum Gasteiger partial charge on any atom is -0.480 e. The second-order valence-corrected chi connectivity index (χ2v) is 9.50. The van der Waals surface area contributed by atoms with Crippen LogP contribution in [0.2, 0.25) is 0 Å². The van der Waals surface area contributed by atoms with Gasteiger partial charge in [0.15, 0.2) is 0 Å². The van der Waals surface area contributed by atoms with Crippen LogP contribution in [0.4, 0.5) is 5.82 Å². The Kier molecular flexibility index (Phi) is 5.21. The van der Waals surface area contributed by atoms with Crippen molar-refractivity contribution < 1.29 is 9.47 Å². The zero-order valence-corrected chi connectivity index (χ0v) is 19.1. The lowest BCUT2D eigenvalue weighted by Gasteiger charge is -2.26. The lowest BCUT2D eigenvalue weighted by molar-refractivity contribution is 0.290. The van der Waals surface area contributed by atoms with Crippen LogP contribution in [0, 0.1) is 0 Å². The molecule has 1 saturated heterocycles. The number of pyridine rings is 1. The monoisotopic (exact) mass is 431 g/mol. The van der Waals surface area contributed by atoms with Crippen LogP contribution in [0.3, 0.4) is 0 Å². The average Bonchev–Trinajstić information content (AvgIpc) is 3.25. The first-order chi connectivity index (χ1) is 15.4. The Hall–Kier alpha value is -3.19. The van der Waals surface area contributed by atoms with Gasteiger partial charge in [-0.25, -0.2) is 0 Å². The molecule has 7 nitrogen and oxygen atoms in total. The zero-order chi connectivity index (χ0) is 22.3. The molecule has 5 rings (SSSR count). The molecule has 2 aliphatic rings. The van der Waals surface area contributed by atoms with Crippen LogP contribution < -0.4 is 19.7 Å². The highest BCUT2D eigenvalue weighted by Crippen LogP contribution is 2.39. The summed E-state index contributed by atoms with van der Waals surface area (Å²) in [6, 6.07) is 13.0. The molecule has 2 aliphatic heterocycles. The van der Waals surface area contributed by atoms with E-state index in [2.05, 4.69) is 71.5 Å². The predicted octanol–water partition coefficient (Wildman–Crippen LogP) is 4.07. The summed E-state index contributed by atoms with van der Waals surface area (Å²) in [5.74, 6) is 2.19. The number of nitrogens with zero attached hydrogens (tertiary/aromatic N) is 4. The number of anilines is 1. The third-order valence-corrected chi connectivity index (χ3v) is 5.93. The van der Waals surface area contributed by atoms with Crippen LogP contribution in [0.1, 0.15) is 32.8 Å². The van der Waals surface area contributed by atoms with Crippen molar-refractivity contribution in [1.29, 1.82) is 0 Å². The molecule has 1 atom stereocenters. The number of rotatable bonds is 4. The van der Waals surface area contributed by atoms with E-state index in [1.54, 1.807) is 13.3 Å². The maximum Gasteiger partial charge on any atom is 0.233 e. The van der Waals surface area contributed by atoms with Crippen molar-refractivity contribution in [2.75, 3.05) is 25.1 Å². The van der Waals surface area contributed by atoms with Gasteiger partial charge >= 0.3 is 0 Å². The van der Waals surface area contributed by atoms with Gasteiger partial charge in [0.25, 0.3) is 0 Å². The second-order valence-electron chi connectivity index (χ2n) is 9.50. The Morgan fingerprint density at radius 2 is 1.94 bits per heavy atom. The number of fused-ring (bicyclic) bond motifs is 3. The van der Waals surface area contributed by atoms with E-state index >= 15 is 0 Å². The first-order valence-corrected chi connectivity index (χ1v) is 11.1. The summed E-state index contributed by atoms with van der Waals surface area (Å²) in [5.41, 5.74) is 5.48. The number of hydrogen-bond donors (Lipinski definition) is 1. The van der Waals surface area contributed by atoms with E-state index in [0.29, 0.717) is 24.4 Å². The standard InChI is InChI=1S/C25H29N5O2/c1-25(2,3)28-19-9-10-30(14-19)22-8-7-21-20-6-5-16(11-18(20)15-32-24(21)27-22)17-12-23(31-4)29-26-13-17/h5-8,11-13,19,28H,9-10,14-15H2,1-4H3/t19-/m1/s1. The largest absolute Gasteiger partial charge is 0.480 e. The summed E-state index contributed by atoms with van der Waals surface area (Å²) in [4.78, 5) is 7.21. The fourth-order valence-electron chi connectivity index (χ4n) is 4.53. The molecule has 0 aliphatic carbocycles. The van der Waals surface area contributed by atoms with Gasteiger partial charge in [0.1, 0.15) is 12.4 Å². The van der Waals surface area contributed by atoms with E-state index in [1.165, 1.54) is 0 Å². The number of benzene rings is 1. The minimum atomic E-state index is 0.118. The maximum atomic E-state index is 6.09. The van der Waals surface area contributed by atoms with Crippen molar-refractivity contribution in [2.24, 2.45) is 0 Å². The third-order valence-electron chi connectivity index (χ3n) is 5.93. The van der Waals surface area contributed by atoms with Crippen molar-refractivity contribution in [3.05, 3.63) is 48.2 Å². The van der Waals surface area contributed by atoms with Gasteiger partial charge in [-0.1, -0.05) is 12.1 Å². The molecule has 0 amide bonds. The van der Waals surface area contributed by atoms with Gasteiger partial charge in [0, 0.05) is 41.9 Å². The summed E-state index contributed by atoms with van der Waals surface area (Å²) < 4.78 is 11.3. The summed E-state index contributed by atoms with van der Waals surface area (Å²) in [5, 5.41) is 11.7.